The lowest BCUT2D eigenvalue weighted by molar-refractivity contribution is -0.130. The second-order valence-corrected chi connectivity index (χ2v) is 5.24. The Hall–Kier alpha value is -0.370. The zero-order valence-corrected chi connectivity index (χ0v) is 8.58. The van der Waals surface area contributed by atoms with Crippen LogP contribution in [0.1, 0.15) is 32.1 Å². The average Bonchev–Trinajstić information content (AvgIpc) is 2.86. The predicted octanol–water partition coefficient (Wildman–Crippen LogP) is 2.03. The number of carbonyl (C=O) groups is 1. The average molecular weight is 194 g/mol. The fourth-order valence-electron chi connectivity index (χ4n) is 3.25. The highest BCUT2D eigenvalue weighted by Crippen LogP contribution is 2.55. The zero-order chi connectivity index (χ0) is 9.54. The number of Topliss-reactive ketones (excluding diaryl/α,β-unsaturated/α-hetero) is 1. The van der Waals surface area contributed by atoms with Crippen LogP contribution >= 0.6 is 0 Å². The van der Waals surface area contributed by atoms with Crippen molar-refractivity contribution >= 4 is 5.78 Å². The highest BCUT2D eigenvalue weighted by Gasteiger charge is 2.48. The van der Waals surface area contributed by atoms with Crippen molar-refractivity contribution in [1.82, 2.24) is 0 Å². The Bertz CT molecular complexity index is 229. The molecule has 0 aromatic rings. The molecule has 3 aliphatic rings. The van der Waals surface area contributed by atoms with Crippen molar-refractivity contribution in [2.24, 2.45) is 23.7 Å². The smallest absolute Gasteiger partial charge is 0.141 e. The van der Waals surface area contributed by atoms with Crippen LogP contribution in [0.3, 0.4) is 0 Å². The summed E-state index contributed by atoms with van der Waals surface area (Å²) in [6.45, 7) is 1.56. The van der Waals surface area contributed by atoms with E-state index in [0.717, 1.165) is 31.3 Å². The molecule has 3 unspecified atom stereocenters. The normalized spacial score (nSPS) is 46.0. The number of rotatable bonds is 2. The van der Waals surface area contributed by atoms with Gasteiger partial charge in [-0.05, 0) is 43.9 Å². The maximum atomic E-state index is 12.1. The van der Waals surface area contributed by atoms with Crippen LogP contribution in [0.15, 0.2) is 0 Å². The highest BCUT2D eigenvalue weighted by atomic mass is 16.5. The van der Waals surface area contributed by atoms with Crippen LogP contribution in [0.25, 0.3) is 0 Å². The van der Waals surface area contributed by atoms with Gasteiger partial charge in [-0.3, -0.25) is 4.79 Å². The minimum absolute atomic E-state index is 0.242. The third-order valence-corrected chi connectivity index (χ3v) is 4.21. The number of hydrogen-bond acceptors (Lipinski definition) is 2. The van der Waals surface area contributed by atoms with Gasteiger partial charge in [-0.25, -0.2) is 0 Å². The standard InChI is InChI=1S/C12H18O2/c13-12(8-2-1-3-14-7-8)11-5-9-4-10(9)6-11/h8-11H,1-7H2. The molecule has 2 aliphatic carbocycles. The number of hydrogen-bond donors (Lipinski definition) is 0. The van der Waals surface area contributed by atoms with Crippen molar-refractivity contribution in [3.8, 4) is 0 Å². The molecule has 0 N–H and O–H groups in total. The Labute approximate surface area is 85.0 Å². The number of carbonyl (C=O) groups excluding carboxylic acids is 1. The van der Waals surface area contributed by atoms with Crippen LogP contribution in [0.2, 0.25) is 0 Å². The lowest BCUT2D eigenvalue weighted by Gasteiger charge is -2.24. The summed E-state index contributed by atoms with van der Waals surface area (Å²) in [7, 11) is 0. The van der Waals surface area contributed by atoms with E-state index < -0.39 is 0 Å². The second kappa shape index (κ2) is 3.34. The van der Waals surface area contributed by atoms with Crippen LogP contribution in [-0.4, -0.2) is 19.0 Å². The van der Waals surface area contributed by atoms with E-state index in [1.807, 2.05) is 0 Å². The van der Waals surface area contributed by atoms with Gasteiger partial charge in [0.25, 0.3) is 0 Å². The largest absolute Gasteiger partial charge is 0.381 e. The SMILES string of the molecule is O=C(C1CCCOC1)C1CC2CC2C1. The minimum Gasteiger partial charge on any atom is -0.381 e. The van der Waals surface area contributed by atoms with Gasteiger partial charge in [-0.1, -0.05) is 0 Å². The first-order valence-electron chi connectivity index (χ1n) is 5.96. The Morgan fingerprint density at radius 2 is 1.86 bits per heavy atom. The van der Waals surface area contributed by atoms with E-state index in [2.05, 4.69) is 0 Å². The minimum atomic E-state index is 0.242. The molecule has 78 valence electrons. The molecule has 2 nitrogen and oxygen atoms in total. The fraction of sp³-hybridized carbons (Fsp3) is 0.917. The van der Waals surface area contributed by atoms with Gasteiger partial charge in [0.2, 0.25) is 0 Å². The van der Waals surface area contributed by atoms with Crippen molar-refractivity contribution < 1.29 is 9.53 Å². The summed E-state index contributed by atoms with van der Waals surface area (Å²) in [5.74, 6) is 3.02. The van der Waals surface area contributed by atoms with Crippen LogP contribution in [-0.2, 0) is 9.53 Å². The molecule has 2 heteroatoms. The first-order chi connectivity index (χ1) is 6.84. The first kappa shape index (κ1) is 8.90. The van der Waals surface area contributed by atoms with E-state index in [1.165, 1.54) is 19.3 Å². The van der Waals surface area contributed by atoms with E-state index in [9.17, 15) is 4.79 Å². The van der Waals surface area contributed by atoms with Gasteiger partial charge in [-0.2, -0.15) is 0 Å². The summed E-state index contributed by atoms with van der Waals surface area (Å²) in [6.07, 6.45) is 5.95. The summed E-state index contributed by atoms with van der Waals surface area (Å²) in [4.78, 5) is 12.1. The lowest BCUT2D eigenvalue weighted by atomic mass is 9.86. The molecule has 1 saturated heterocycles. The Balaban J connectivity index is 1.58. The van der Waals surface area contributed by atoms with Crippen molar-refractivity contribution in [3.63, 3.8) is 0 Å². The predicted molar refractivity (Wildman–Crippen MR) is 52.9 cm³/mol. The lowest BCUT2D eigenvalue weighted by Crippen LogP contribution is -2.30. The van der Waals surface area contributed by atoms with Crippen LogP contribution in [0.4, 0.5) is 0 Å². The van der Waals surface area contributed by atoms with Gasteiger partial charge >= 0.3 is 0 Å². The molecule has 0 aromatic heterocycles. The molecular formula is C12H18O2. The Morgan fingerprint density at radius 1 is 1.07 bits per heavy atom. The zero-order valence-electron chi connectivity index (χ0n) is 8.58. The fourth-order valence-corrected chi connectivity index (χ4v) is 3.25. The van der Waals surface area contributed by atoms with Crippen molar-refractivity contribution in [2.45, 2.75) is 32.1 Å². The van der Waals surface area contributed by atoms with Crippen molar-refractivity contribution in [1.29, 1.82) is 0 Å². The molecule has 3 fully saturated rings. The van der Waals surface area contributed by atoms with E-state index >= 15 is 0 Å². The molecule has 14 heavy (non-hydrogen) atoms. The number of ketones is 1. The second-order valence-electron chi connectivity index (χ2n) is 5.24. The Kier molecular flexibility index (Phi) is 2.12. The first-order valence-corrected chi connectivity index (χ1v) is 5.96. The molecule has 1 aliphatic heterocycles. The quantitative estimate of drug-likeness (QED) is 0.672. The van der Waals surface area contributed by atoms with Gasteiger partial charge in [0, 0.05) is 18.4 Å². The molecule has 2 saturated carbocycles. The number of ether oxygens (including phenoxy) is 1. The maximum Gasteiger partial charge on any atom is 0.141 e. The summed E-state index contributed by atoms with van der Waals surface area (Å²) in [5, 5.41) is 0. The molecular weight excluding hydrogens is 176 g/mol. The van der Waals surface area contributed by atoms with Crippen LogP contribution < -0.4 is 0 Å². The topological polar surface area (TPSA) is 26.3 Å². The van der Waals surface area contributed by atoms with Crippen molar-refractivity contribution in [3.05, 3.63) is 0 Å². The summed E-state index contributed by atoms with van der Waals surface area (Å²) >= 11 is 0. The third kappa shape index (κ3) is 1.50. The summed E-state index contributed by atoms with van der Waals surface area (Å²) < 4.78 is 5.38. The molecule has 1 heterocycles. The molecule has 0 amide bonds. The molecule has 3 rings (SSSR count). The van der Waals surface area contributed by atoms with E-state index in [0.29, 0.717) is 18.3 Å². The van der Waals surface area contributed by atoms with Gasteiger partial charge < -0.3 is 4.74 Å². The maximum absolute atomic E-state index is 12.1. The van der Waals surface area contributed by atoms with Crippen molar-refractivity contribution in [2.75, 3.05) is 13.2 Å². The molecule has 0 bridgehead atoms. The van der Waals surface area contributed by atoms with Crippen LogP contribution in [0.5, 0.6) is 0 Å². The van der Waals surface area contributed by atoms with E-state index in [1.54, 1.807) is 0 Å². The van der Waals surface area contributed by atoms with Gasteiger partial charge in [-0.15, -0.1) is 0 Å². The molecule has 0 aromatic carbocycles. The molecule has 3 atom stereocenters. The van der Waals surface area contributed by atoms with E-state index in [-0.39, 0.29) is 5.92 Å². The van der Waals surface area contributed by atoms with E-state index in [4.69, 9.17) is 4.74 Å². The summed E-state index contributed by atoms with van der Waals surface area (Å²) in [6, 6.07) is 0. The third-order valence-electron chi connectivity index (χ3n) is 4.21. The highest BCUT2D eigenvalue weighted by molar-refractivity contribution is 5.84. The molecule has 0 spiro atoms. The van der Waals surface area contributed by atoms with Crippen LogP contribution in [0, 0.1) is 23.7 Å². The Morgan fingerprint density at radius 3 is 2.50 bits per heavy atom. The number of fused-ring (bicyclic) bond motifs is 1. The molecule has 0 radical (unpaired) electrons. The monoisotopic (exact) mass is 194 g/mol. The summed E-state index contributed by atoms with van der Waals surface area (Å²) in [5.41, 5.74) is 0. The van der Waals surface area contributed by atoms with Gasteiger partial charge in [0.1, 0.15) is 5.78 Å². The van der Waals surface area contributed by atoms with Gasteiger partial charge in [0.15, 0.2) is 0 Å². The van der Waals surface area contributed by atoms with Gasteiger partial charge in [0.05, 0.1) is 6.61 Å².